The van der Waals surface area contributed by atoms with Crippen LogP contribution in [0.2, 0.25) is 5.02 Å². The number of allylic oxidation sites excluding steroid dienone is 1. The van der Waals surface area contributed by atoms with E-state index in [9.17, 15) is 0 Å². The van der Waals surface area contributed by atoms with Gasteiger partial charge in [-0.25, -0.2) is 4.99 Å². The average Bonchev–Trinajstić information content (AvgIpc) is 3.12. The minimum atomic E-state index is 0.406. The molecule has 0 saturated heterocycles. The second-order valence-electron chi connectivity index (χ2n) is 7.73. The molecule has 6 heteroatoms. The van der Waals surface area contributed by atoms with E-state index in [2.05, 4.69) is 34.5 Å². The van der Waals surface area contributed by atoms with Gasteiger partial charge in [0.15, 0.2) is 5.70 Å². The van der Waals surface area contributed by atoms with E-state index in [1.54, 1.807) is 0 Å². The number of aryl methyl sites for hydroxylation is 1. The van der Waals surface area contributed by atoms with Crippen LogP contribution in [0.5, 0.6) is 11.5 Å². The predicted octanol–water partition coefficient (Wildman–Crippen LogP) is 5.45. The number of benzene rings is 2. The molecule has 2 heterocycles. The summed E-state index contributed by atoms with van der Waals surface area (Å²) in [7, 11) is 0. The second-order valence-corrected chi connectivity index (χ2v) is 8.14. The molecule has 0 aromatic heterocycles. The van der Waals surface area contributed by atoms with Crippen molar-refractivity contribution in [2.45, 2.75) is 31.7 Å². The van der Waals surface area contributed by atoms with Crippen LogP contribution >= 0.6 is 11.6 Å². The fourth-order valence-corrected chi connectivity index (χ4v) is 4.38. The van der Waals surface area contributed by atoms with Crippen LogP contribution < -0.4 is 10.2 Å². The predicted molar refractivity (Wildman–Crippen MR) is 116 cm³/mol. The van der Waals surface area contributed by atoms with Gasteiger partial charge in [-0.05, 0) is 55.0 Å². The van der Waals surface area contributed by atoms with Crippen LogP contribution in [-0.2, 0) is 0 Å². The van der Waals surface area contributed by atoms with Crippen LogP contribution in [0.4, 0.5) is 0 Å². The Hall–Kier alpha value is -2.73. The molecule has 5 nitrogen and oxygen atoms in total. The maximum atomic E-state index is 6.58. The standard InChI is InChI=1S/C23H22ClN4O/c1-16-9-17(12-22(24)23(16)29-21-5-3-2-4-6-21)18-10-19(11-18)27-28-8-7-25-13-20(28)14-26-15-28/h2-9,12-15,18-19,27H,10-11H2,1H3/q+1. The van der Waals surface area contributed by atoms with Crippen molar-refractivity contribution < 1.29 is 9.33 Å². The number of ether oxygens (including phenoxy) is 1. The zero-order valence-electron chi connectivity index (χ0n) is 16.1. The van der Waals surface area contributed by atoms with Crippen molar-refractivity contribution in [1.82, 2.24) is 5.43 Å². The summed E-state index contributed by atoms with van der Waals surface area (Å²) in [6.07, 6.45) is 11.6. The molecule has 29 heavy (non-hydrogen) atoms. The van der Waals surface area contributed by atoms with E-state index in [0.29, 0.717) is 21.6 Å². The van der Waals surface area contributed by atoms with Gasteiger partial charge in [-0.3, -0.25) is 4.99 Å². The summed E-state index contributed by atoms with van der Waals surface area (Å²) in [6, 6.07) is 14.4. The molecule has 1 fully saturated rings. The van der Waals surface area contributed by atoms with Gasteiger partial charge in [0.1, 0.15) is 17.7 Å². The number of para-hydroxylation sites is 1. The van der Waals surface area contributed by atoms with Gasteiger partial charge in [0.05, 0.1) is 29.7 Å². The molecular formula is C23H22ClN4O+. The van der Waals surface area contributed by atoms with Crippen LogP contribution in [0.3, 0.4) is 0 Å². The Morgan fingerprint density at radius 2 is 1.97 bits per heavy atom. The third-order valence-corrected chi connectivity index (χ3v) is 5.98. The van der Waals surface area contributed by atoms with Crippen molar-refractivity contribution in [1.29, 1.82) is 0 Å². The van der Waals surface area contributed by atoms with Crippen molar-refractivity contribution >= 4 is 24.2 Å². The molecule has 0 bridgehead atoms. The molecule has 3 aliphatic rings. The number of halogens is 1. The van der Waals surface area contributed by atoms with Gasteiger partial charge in [0.2, 0.25) is 6.34 Å². The second kappa shape index (κ2) is 7.26. The number of fused-ring (bicyclic) bond motifs is 1. The van der Waals surface area contributed by atoms with Crippen molar-refractivity contribution in [2.75, 3.05) is 0 Å². The van der Waals surface area contributed by atoms with E-state index >= 15 is 0 Å². The van der Waals surface area contributed by atoms with E-state index < -0.39 is 0 Å². The Kier molecular flexibility index (Phi) is 4.59. The first-order chi connectivity index (χ1) is 14.1. The van der Waals surface area contributed by atoms with Gasteiger partial charge < -0.3 is 4.74 Å². The van der Waals surface area contributed by atoms with E-state index in [0.717, 1.165) is 35.6 Å². The molecule has 2 aromatic rings. The Morgan fingerprint density at radius 1 is 1.14 bits per heavy atom. The van der Waals surface area contributed by atoms with Gasteiger partial charge >= 0.3 is 0 Å². The minimum Gasteiger partial charge on any atom is -0.456 e. The molecule has 1 atom stereocenters. The number of quaternary nitrogens is 1. The van der Waals surface area contributed by atoms with Crippen LogP contribution in [0.25, 0.3) is 0 Å². The lowest BCUT2D eigenvalue weighted by Gasteiger charge is -2.40. The summed E-state index contributed by atoms with van der Waals surface area (Å²) in [5.41, 5.74) is 7.06. The zero-order valence-corrected chi connectivity index (χ0v) is 16.9. The van der Waals surface area contributed by atoms with Crippen molar-refractivity contribution in [2.24, 2.45) is 9.98 Å². The van der Waals surface area contributed by atoms with E-state index in [-0.39, 0.29) is 0 Å². The number of nitrogens with one attached hydrogen (secondary N) is 1. The van der Waals surface area contributed by atoms with Crippen molar-refractivity contribution in [3.8, 4) is 11.5 Å². The van der Waals surface area contributed by atoms with Crippen molar-refractivity contribution in [3.05, 3.63) is 82.9 Å². The number of hydrogen-bond donors (Lipinski definition) is 1. The highest BCUT2D eigenvalue weighted by Crippen LogP contribution is 2.42. The van der Waals surface area contributed by atoms with Crippen LogP contribution in [0.1, 0.15) is 29.9 Å². The first-order valence-corrected chi connectivity index (χ1v) is 10.2. The van der Waals surface area contributed by atoms with Crippen molar-refractivity contribution in [3.63, 3.8) is 0 Å². The lowest BCUT2D eigenvalue weighted by atomic mass is 9.76. The van der Waals surface area contributed by atoms with Gasteiger partial charge in [-0.1, -0.05) is 35.9 Å². The lowest BCUT2D eigenvalue weighted by molar-refractivity contribution is -0.788. The average molecular weight is 406 g/mol. The summed E-state index contributed by atoms with van der Waals surface area (Å²) in [4.78, 5) is 8.50. The van der Waals surface area contributed by atoms with Gasteiger partial charge in [-0.2, -0.15) is 0 Å². The molecule has 1 unspecified atom stereocenters. The molecule has 1 N–H and O–H groups in total. The molecule has 0 spiro atoms. The number of nitrogens with zero attached hydrogens (tertiary/aromatic N) is 3. The smallest absolute Gasteiger partial charge is 0.219 e. The largest absolute Gasteiger partial charge is 0.456 e. The van der Waals surface area contributed by atoms with Crippen LogP contribution in [0, 0.1) is 6.92 Å². The summed E-state index contributed by atoms with van der Waals surface area (Å²) < 4.78 is 6.46. The fraction of sp³-hybridized carbons (Fsp3) is 0.217. The molecule has 2 aliphatic heterocycles. The van der Waals surface area contributed by atoms with Gasteiger partial charge in [0.25, 0.3) is 0 Å². The maximum absolute atomic E-state index is 6.58. The first kappa shape index (κ1) is 18.3. The molecule has 146 valence electrons. The SMILES string of the molecule is Cc1cc(C2CC(N[N+]34C=CN=CC3=CN=C4)C2)cc(Cl)c1Oc1ccccc1. The van der Waals surface area contributed by atoms with Crippen LogP contribution in [0.15, 0.2) is 76.7 Å². The fourth-order valence-electron chi connectivity index (χ4n) is 4.07. The Balaban J connectivity index is 1.26. The monoisotopic (exact) mass is 405 g/mol. The first-order valence-electron chi connectivity index (χ1n) is 9.78. The summed E-state index contributed by atoms with van der Waals surface area (Å²) in [5, 5.41) is 0.661. The summed E-state index contributed by atoms with van der Waals surface area (Å²) >= 11 is 6.58. The van der Waals surface area contributed by atoms with E-state index in [1.165, 1.54) is 5.56 Å². The highest BCUT2D eigenvalue weighted by Gasteiger charge is 2.41. The lowest BCUT2D eigenvalue weighted by Crippen LogP contribution is -2.58. The molecule has 2 aromatic carbocycles. The number of aliphatic imine (C=N–C) groups is 2. The van der Waals surface area contributed by atoms with Crippen LogP contribution in [-0.4, -0.2) is 23.2 Å². The third-order valence-electron chi connectivity index (χ3n) is 5.70. The quantitative estimate of drug-likeness (QED) is 0.672. The third kappa shape index (κ3) is 3.42. The Bertz CT molecular complexity index is 1030. The highest BCUT2D eigenvalue weighted by atomic mass is 35.5. The Morgan fingerprint density at radius 3 is 2.76 bits per heavy atom. The number of rotatable bonds is 5. The minimum absolute atomic E-state index is 0.406. The van der Waals surface area contributed by atoms with E-state index in [4.69, 9.17) is 16.3 Å². The molecule has 0 radical (unpaired) electrons. The summed E-state index contributed by atoms with van der Waals surface area (Å²) in [5.74, 6) is 2.01. The summed E-state index contributed by atoms with van der Waals surface area (Å²) in [6.45, 7) is 2.05. The normalized spacial score (nSPS) is 26.8. The molecule has 1 aliphatic carbocycles. The zero-order chi connectivity index (χ0) is 19.8. The topological polar surface area (TPSA) is 46.0 Å². The molecule has 0 amide bonds. The number of hydrogen-bond acceptors (Lipinski definition) is 4. The molecule has 1 saturated carbocycles. The molecular weight excluding hydrogens is 384 g/mol. The maximum Gasteiger partial charge on any atom is 0.219 e. The Labute approximate surface area is 175 Å². The van der Waals surface area contributed by atoms with E-state index in [1.807, 2.05) is 61.5 Å². The highest BCUT2D eigenvalue weighted by molar-refractivity contribution is 6.32. The van der Waals surface area contributed by atoms with Gasteiger partial charge in [-0.15, -0.1) is 10.0 Å². The molecule has 5 rings (SSSR count). The van der Waals surface area contributed by atoms with Gasteiger partial charge in [0, 0.05) is 0 Å².